The first-order valence-electron chi connectivity index (χ1n) is 9.76. The summed E-state index contributed by atoms with van der Waals surface area (Å²) < 4.78 is 32.8. The standard InChI is InChI=1S/C20H25F2N5O/c21-16-3-4-18(22)15(12-16)13-26-7-1-2-17(14-26)24-19-5-6-23-20(25-19)27-8-10-28-11-9-27/h3-6,12,17H,1-2,7-11,13-14H2,(H,23,24,25). The summed E-state index contributed by atoms with van der Waals surface area (Å²) in [5.41, 5.74) is 0.400. The van der Waals surface area contributed by atoms with Gasteiger partial charge in [-0.3, -0.25) is 4.90 Å². The fraction of sp³-hybridized carbons (Fsp3) is 0.500. The maximum atomic E-state index is 14.0. The topological polar surface area (TPSA) is 53.5 Å². The summed E-state index contributed by atoms with van der Waals surface area (Å²) in [5.74, 6) is 0.741. The number of morpholine rings is 1. The minimum Gasteiger partial charge on any atom is -0.378 e. The van der Waals surface area contributed by atoms with Crippen LogP contribution >= 0.6 is 0 Å². The third kappa shape index (κ3) is 4.74. The first-order chi connectivity index (χ1) is 13.7. The lowest BCUT2D eigenvalue weighted by molar-refractivity contribution is 0.122. The lowest BCUT2D eigenvalue weighted by Crippen LogP contribution is -2.42. The molecule has 2 aliphatic rings. The van der Waals surface area contributed by atoms with Crippen LogP contribution in [0.15, 0.2) is 30.5 Å². The SMILES string of the molecule is Fc1ccc(F)c(CN2CCCC(Nc3ccnc(N4CCOCC4)n3)C2)c1. The van der Waals surface area contributed by atoms with E-state index in [1.807, 2.05) is 6.07 Å². The van der Waals surface area contributed by atoms with Gasteiger partial charge in [-0.15, -0.1) is 0 Å². The normalized spacial score (nSPS) is 20.9. The van der Waals surface area contributed by atoms with Crippen molar-refractivity contribution in [3.63, 3.8) is 0 Å². The van der Waals surface area contributed by atoms with Gasteiger partial charge in [0.2, 0.25) is 5.95 Å². The number of halogens is 2. The van der Waals surface area contributed by atoms with E-state index in [0.29, 0.717) is 31.3 Å². The van der Waals surface area contributed by atoms with Gasteiger partial charge in [0.05, 0.1) is 13.2 Å². The van der Waals surface area contributed by atoms with Crippen LogP contribution in [-0.2, 0) is 11.3 Å². The van der Waals surface area contributed by atoms with E-state index < -0.39 is 5.82 Å². The highest BCUT2D eigenvalue weighted by Crippen LogP contribution is 2.20. The van der Waals surface area contributed by atoms with Crippen molar-refractivity contribution in [2.45, 2.75) is 25.4 Å². The summed E-state index contributed by atoms with van der Waals surface area (Å²) in [6.07, 6.45) is 3.78. The zero-order valence-electron chi connectivity index (χ0n) is 15.8. The Morgan fingerprint density at radius 3 is 2.86 bits per heavy atom. The molecule has 28 heavy (non-hydrogen) atoms. The third-order valence-electron chi connectivity index (χ3n) is 5.20. The number of nitrogens with zero attached hydrogens (tertiary/aromatic N) is 4. The van der Waals surface area contributed by atoms with Crippen molar-refractivity contribution in [2.75, 3.05) is 49.6 Å². The molecular weight excluding hydrogens is 364 g/mol. The van der Waals surface area contributed by atoms with Gasteiger partial charge in [0, 0.05) is 44.0 Å². The van der Waals surface area contributed by atoms with E-state index in [9.17, 15) is 8.78 Å². The van der Waals surface area contributed by atoms with Gasteiger partial charge >= 0.3 is 0 Å². The minimum atomic E-state index is -0.403. The molecule has 2 aromatic rings. The number of aromatic nitrogens is 2. The lowest BCUT2D eigenvalue weighted by atomic mass is 10.0. The number of likely N-dealkylation sites (tertiary alicyclic amines) is 1. The van der Waals surface area contributed by atoms with Gasteiger partial charge in [-0.25, -0.2) is 13.8 Å². The van der Waals surface area contributed by atoms with Crippen molar-refractivity contribution in [3.8, 4) is 0 Å². The number of anilines is 2. The molecule has 0 amide bonds. The molecule has 3 heterocycles. The minimum absolute atomic E-state index is 0.206. The Bertz CT molecular complexity index is 800. The number of hydrogen-bond acceptors (Lipinski definition) is 6. The van der Waals surface area contributed by atoms with Crippen molar-refractivity contribution < 1.29 is 13.5 Å². The second-order valence-electron chi connectivity index (χ2n) is 7.30. The molecule has 1 unspecified atom stereocenters. The predicted molar refractivity (Wildman–Crippen MR) is 103 cm³/mol. The molecule has 4 rings (SSSR count). The Kier molecular flexibility index (Phi) is 5.97. The van der Waals surface area contributed by atoms with Gasteiger partial charge in [0.1, 0.15) is 17.5 Å². The lowest BCUT2D eigenvalue weighted by Gasteiger charge is -2.33. The molecule has 8 heteroatoms. The van der Waals surface area contributed by atoms with E-state index in [1.165, 1.54) is 12.1 Å². The highest BCUT2D eigenvalue weighted by Gasteiger charge is 2.22. The van der Waals surface area contributed by atoms with Crippen molar-refractivity contribution >= 4 is 11.8 Å². The first kappa shape index (κ1) is 19.0. The molecular formula is C20H25F2N5O. The molecule has 0 radical (unpaired) electrons. The van der Waals surface area contributed by atoms with Gasteiger partial charge in [0.15, 0.2) is 0 Å². The zero-order valence-corrected chi connectivity index (χ0v) is 15.8. The van der Waals surface area contributed by atoms with Crippen molar-refractivity contribution in [1.29, 1.82) is 0 Å². The quantitative estimate of drug-likeness (QED) is 0.849. The van der Waals surface area contributed by atoms with E-state index in [2.05, 4.69) is 25.1 Å². The number of benzene rings is 1. The maximum Gasteiger partial charge on any atom is 0.227 e. The molecule has 6 nitrogen and oxygen atoms in total. The van der Waals surface area contributed by atoms with Crippen molar-refractivity contribution in [3.05, 3.63) is 47.7 Å². The largest absolute Gasteiger partial charge is 0.378 e. The molecule has 0 spiro atoms. The number of piperidine rings is 1. The average molecular weight is 389 g/mol. The van der Waals surface area contributed by atoms with Gasteiger partial charge in [-0.2, -0.15) is 4.98 Å². The molecule has 150 valence electrons. The smallest absolute Gasteiger partial charge is 0.227 e. The van der Waals surface area contributed by atoms with Crippen LogP contribution in [0.2, 0.25) is 0 Å². The average Bonchev–Trinajstić information content (AvgIpc) is 2.72. The number of hydrogen-bond donors (Lipinski definition) is 1. The summed E-state index contributed by atoms with van der Waals surface area (Å²) in [5, 5.41) is 3.48. The van der Waals surface area contributed by atoms with Crippen LogP contribution in [-0.4, -0.2) is 60.3 Å². The maximum absolute atomic E-state index is 14.0. The number of nitrogens with one attached hydrogen (secondary N) is 1. The van der Waals surface area contributed by atoms with Gasteiger partial charge in [0.25, 0.3) is 0 Å². The summed E-state index contributed by atoms with van der Waals surface area (Å²) >= 11 is 0. The van der Waals surface area contributed by atoms with Crippen LogP contribution in [0.5, 0.6) is 0 Å². The van der Waals surface area contributed by atoms with Gasteiger partial charge in [-0.05, 0) is 43.7 Å². The molecule has 0 bridgehead atoms. The van der Waals surface area contributed by atoms with Crippen LogP contribution in [0.1, 0.15) is 18.4 Å². The summed E-state index contributed by atoms with van der Waals surface area (Å²) in [7, 11) is 0. The van der Waals surface area contributed by atoms with Gasteiger partial charge < -0.3 is 15.0 Å². The Balaban J connectivity index is 1.38. The molecule has 1 aromatic carbocycles. The van der Waals surface area contributed by atoms with Crippen LogP contribution < -0.4 is 10.2 Å². The highest BCUT2D eigenvalue weighted by atomic mass is 19.1. The predicted octanol–water partition coefficient (Wildman–Crippen LogP) is 2.67. The van der Waals surface area contributed by atoms with Crippen LogP contribution in [0.25, 0.3) is 0 Å². The van der Waals surface area contributed by atoms with Crippen molar-refractivity contribution in [2.24, 2.45) is 0 Å². The van der Waals surface area contributed by atoms with E-state index in [4.69, 9.17) is 4.74 Å². The van der Waals surface area contributed by atoms with Crippen LogP contribution in [0.4, 0.5) is 20.5 Å². The summed E-state index contributed by atoms with van der Waals surface area (Å²) in [6.45, 7) is 5.00. The third-order valence-corrected chi connectivity index (χ3v) is 5.20. The van der Waals surface area contributed by atoms with Crippen LogP contribution in [0.3, 0.4) is 0 Å². The molecule has 2 fully saturated rings. The summed E-state index contributed by atoms with van der Waals surface area (Å²) in [6, 6.07) is 5.71. The van der Waals surface area contributed by atoms with Gasteiger partial charge in [-0.1, -0.05) is 0 Å². The Morgan fingerprint density at radius 2 is 2.00 bits per heavy atom. The Labute approximate surface area is 163 Å². The van der Waals surface area contributed by atoms with Crippen molar-refractivity contribution in [1.82, 2.24) is 14.9 Å². The second kappa shape index (κ2) is 8.79. The number of rotatable bonds is 5. The second-order valence-corrected chi connectivity index (χ2v) is 7.30. The summed E-state index contributed by atoms with van der Waals surface area (Å²) in [4.78, 5) is 13.3. The molecule has 0 aliphatic carbocycles. The first-order valence-corrected chi connectivity index (χ1v) is 9.76. The molecule has 1 N–H and O–H groups in total. The van der Waals surface area contributed by atoms with E-state index >= 15 is 0 Å². The monoisotopic (exact) mass is 389 g/mol. The Morgan fingerprint density at radius 1 is 1.14 bits per heavy atom. The fourth-order valence-corrected chi connectivity index (χ4v) is 3.78. The molecule has 2 saturated heterocycles. The van der Waals surface area contributed by atoms with E-state index in [0.717, 1.165) is 50.9 Å². The Hall–Kier alpha value is -2.32. The van der Waals surface area contributed by atoms with E-state index in [1.54, 1.807) is 6.20 Å². The van der Waals surface area contributed by atoms with E-state index in [-0.39, 0.29) is 11.9 Å². The zero-order chi connectivity index (χ0) is 19.3. The molecule has 0 saturated carbocycles. The molecule has 2 aliphatic heterocycles. The van der Waals surface area contributed by atoms with Crippen LogP contribution in [0, 0.1) is 11.6 Å². The number of ether oxygens (including phenoxy) is 1. The molecule has 1 aromatic heterocycles. The highest BCUT2D eigenvalue weighted by molar-refractivity contribution is 5.42. The fourth-order valence-electron chi connectivity index (χ4n) is 3.78. The molecule has 1 atom stereocenters.